The predicted octanol–water partition coefficient (Wildman–Crippen LogP) is 6.87. The summed E-state index contributed by atoms with van der Waals surface area (Å²) in [6, 6.07) is 14.7. The van der Waals surface area contributed by atoms with Crippen LogP contribution in [0.1, 0.15) is 64.5 Å². The number of thiophene rings is 1. The Hall–Kier alpha value is -4.84. The zero-order chi connectivity index (χ0) is 34.4. The fraction of sp³-hybridized carbons (Fsp3) is 0.286. The number of carboxylic acids is 1. The molecule has 4 aromatic rings. The highest BCUT2D eigenvalue weighted by Gasteiger charge is 2.30. The smallest absolute Gasteiger partial charge is 0.416 e. The molecule has 0 saturated carbocycles. The van der Waals surface area contributed by atoms with E-state index in [1.54, 1.807) is 60.9 Å². The summed E-state index contributed by atoms with van der Waals surface area (Å²) in [6.07, 6.45) is 2.11. The number of rotatable bonds is 11. The van der Waals surface area contributed by atoms with Crippen LogP contribution in [0.25, 0.3) is 23.5 Å². The third-order valence-corrected chi connectivity index (χ3v) is 8.74. The first-order valence-corrected chi connectivity index (χ1v) is 15.6. The molecule has 2 aromatic carbocycles. The summed E-state index contributed by atoms with van der Waals surface area (Å²) in [5.41, 5.74) is 1.64. The number of halogens is 3. The Labute approximate surface area is 274 Å². The van der Waals surface area contributed by atoms with Crippen molar-refractivity contribution in [3.05, 3.63) is 105 Å². The summed E-state index contributed by atoms with van der Waals surface area (Å²) in [5.74, 6) is -2.29. The normalized spacial score (nSPS) is 13.3. The lowest BCUT2D eigenvalue weighted by Crippen LogP contribution is -2.45. The maximum Gasteiger partial charge on any atom is 0.416 e. The maximum absolute atomic E-state index is 13.1. The second kappa shape index (κ2) is 14.7. The Balaban J connectivity index is 1.43. The van der Waals surface area contributed by atoms with Gasteiger partial charge in [0.25, 0.3) is 5.91 Å². The van der Waals surface area contributed by atoms with Gasteiger partial charge in [-0.15, -0.1) is 11.3 Å². The Morgan fingerprint density at radius 3 is 2.19 bits per heavy atom. The van der Waals surface area contributed by atoms with Crippen LogP contribution >= 0.6 is 11.3 Å². The van der Waals surface area contributed by atoms with Crippen molar-refractivity contribution in [2.24, 2.45) is 5.92 Å². The zero-order valence-corrected chi connectivity index (χ0v) is 27.1. The Kier molecular flexibility index (Phi) is 11.0. The number of aliphatic carboxylic acids is 1. The molecule has 0 unspecified atom stereocenters. The van der Waals surface area contributed by atoms with Crippen molar-refractivity contribution in [3.63, 3.8) is 0 Å². The van der Waals surface area contributed by atoms with Crippen LogP contribution in [0.4, 0.5) is 13.2 Å². The van der Waals surface area contributed by atoms with Crippen LogP contribution in [0, 0.1) is 5.92 Å². The first-order valence-electron chi connectivity index (χ1n) is 14.8. The van der Waals surface area contributed by atoms with E-state index in [1.165, 1.54) is 24.3 Å². The summed E-state index contributed by atoms with van der Waals surface area (Å²) in [6.45, 7) is 7.55. The van der Waals surface area contributed by atoms with E-state index >= 15 is 0 Å². The molecule has 4 rings (SSSR count). The van der Waals surface area contributed by atoms with Gasteiger partial charge in [0, 0.05) is 34.9 Å². The van der Waals surface area contributed by atoms with Gasteiger partial charge >= 0.3 is 12.1 Å². The number of hydrogen-bond donors (Lipinski definition) is 3. The first-order chi connectivity index (χ1) is 22.1. The van der Waals surface area contributed by atoms with E-state index in [2.05, 4.69) is 41.4 Å². The summed E-state index contributed by atoms with van der Waals surface area (Å²) >= 11 is 1.39. The number of hydrogen-bond acceptors (Lipinski definition) is 6. The lowest BCUT2D eigenvalue weighted by atomic mass is 9.95. The standard InChI is InChI=1S/C35H35F3N4O4S/c1-21(33(45)46)42-31(43)26(20-41-32(44)28-14-15-29(47-28)34(2,3)4)16-23-10-12-25(13-11-23)30-39-18-24(19-40-30)9-8-22-6-5-7-27(17-22)35(36,37)38/h5-15,17-19,21,26H,16,20H2,1-4H3,(H,41,44)(H,42,43)(H,45,46)/b9-8+/t21-,26-/m1/s1. The van der Waals surface area contributed by atoms with E-state index in [-0.39, 0.29) is 24.3 Å². The molecule has 0 aliphatic carbocycles. The maximum atomic E-state index is 13.1. The number of aromatic nitrogens is 2. The number of carbonyl (C=O) groups is 3. The fourth-order valence-electron chi connectivity index (χ4n) is 4.48. The molecular formula is C35H35F3N4O4S. The molecule has 0 spiro atoms. The van der Waals surface area contributed by atoms with Crippen molar-refractivity contribution >= 4 is 41.3 Å². The number of nitrogens with zero attached hydrogens (tertiary/aromatic N) is 2. The van der Waals surface area contributed by atoms with Crippen molar-refractivity contribution in [1.29, 1.82) is 0 Å². The Morgan fingerprint density at radius 1 is 0.936 bits per heavy atom. The van der Waals surface area contributed by atoms with Gasteiger partial charge in [-0.3, -0.25) is 14.4 Å². The number of nitrogens with one attached hydrogen (secondary N) is 2. The molecule has 3 N–H and O–H groups in total. The van der Waals surface area contributed by atoms with Gasteiger partial charge in [0.15, 0.2) is 5.82 Å². The van der Waals surface area contributed by atoms with Gasteiger partial charge in [0.1, 0.15) is 6.04 Å². The van der Waals surface area contributed by atoms with Gasteiger partial charge < -0.3 is 15.7 Å². The molecule has 12 heteroatoms. The predicted molar refractivity (Wildman–Crippen MR) is 176 cm³/mol. The minimum atomic E-state index is -4.42. The highest BCUT2D eigenvalue weighted by Crippen LogP contribution is 2.31. The minimum Gasteiger partial charge on any atom is -0.480 e. The van der Waals surface area contributed by atoms with Gasteiger partial charge in [-0.2, -0.15) is 13.2 Å². The van der Waals surface area contributed by atoms with Crippen LogP contribution in [-0.4, -0.2) is 45.4 Å². The topological polar surface area (TPSA) is 121 Å². The molecule has 2 aromatic heterocycles. The van der Waals surface area contributed by atoms with E-state index in [0.29, 0.717) is 27.4 Å². The van der Waals surface area contributed by atoms with E-state index in [9.17, 15) is 32.7 Å². The lowest BCUT2D eigenvalue weighted by Gasteiger charge is -2.19. The van der Waals surface area contributed by atoms with Crippen LogP contribution in [0.3, 0.4) is 0 Å². The van der Waals surface area contributed by atoms with Crippen molar-refractivity contribution in [2.75, 3.05) is 6.54 Å². The fourth-order valence-corrected chi connectivity index (χ4v) is 5.46. The van der Waals surface area contributed by atoms with Crippen molar-refractivity contribution < 1.29 is 32.7 Å². The molecular weight excluding hydrogens is 629 g/mol. The van der Waals surface area contributed by atoms with E-state index in [1.807, 2.05) is 6.07 Å². The van der Waals surface area contributed by atoms with Crippen molar-refractivity contribution in [2.45, 2.75) is 51.7 Å². The molecule has 0 fully saturated rings. The van der Waals surface area contributed by atoms with Crippen LogP contribution in [0.2, 0.25) is 0 Å². The SMILES string of the molecule is C[C@@H](NC(=O)[C@@H](CNC(=O)c1ccc(C(C)(C)C)s1)Cc1ccc(-c2ncc(/C=C/c3cccc(C(F)(F)F)c3)cn2)cc1)C(=O)O. The second-order valence-electron chi connectivity index (χ2n) is 12.1. The monoisotopic (exact) mass is 664 g/mol. The molecule has 0 bridgehead atoms. The number of carbonyl (C=O) groups excluding carboxylic acids is 2. The number of amides is 2. The molecule has 0 radical (unpaired) electrons. The molecule has 2 atom stereocenters. The van der Waals surface area contributed by atoms with E-state index < -0.39 is 35.6 Å². The molecule has 0 aliphatic rings. The summed E-state index contributed by atoms with van der Waals surface area (Å²) in [7, 11) is 0. The zero-order valence-electron chi connectivity index (χ0n) is 26.3. The molecule has 8 nitrogen and oxygen atoms in total. The third kappa shape index (κ3) is 9.82. The summed E-state index contributed by atoms with van der Waals surface area (Å²) in [4.78, 5) is 47.6. The van der Waals surface area contributed by atoms with E-state index in [0.717, 1.165) is 22.6 Å². The number of carboxylic acid groups (broad SMARTS) is 1. The highest BCUT2D eigenvalue weighted by molar-refractivity contribution is 7.14. The van der Waals surface area contributed by atoms with Gasteiger partial charge in [-0.25, -0.2) is 9.97 Å². The summed E-state index contributed by atoms with van der Waals surface area (Å²) in [5, 5.41) is 14.6. The molecule has 2 heterocycles. The lowest BCUT2D eigenvalue weighted by molar-refractivity contribution is -0.141. The quantitative estimate of drug-likeness (QED) is 0.161. The first kappa shape index (κ1) is 35.0. The highest BCUT2D eigenvalue weighted by atomic mass is 32.1. The number of benzene rings is 2. The van der Waals surface area contributed by atoms with Gasteiger partial charge in [0.2, 0.25) is 5.91 Å². The van der Waals surface area contributed by atoms with Crippen molar-refractivity contribution in [3.8, 4) is 11.4 Å². The second-order valence-corrected chi connectivity index (χ2v) is 13.2. The molecule has 2 amide bonds. The molecule has 0 aliphatic heterocycles. The van der Waals surface area contributed by atoms with Gasteiger partial charge in [0.05, 0.1) is 16.4 Å². The van der Waals surface area contributed by atoms with Crippen molar-refractivity contribution in [1.82, 2.24) is 20.6 Å². The Morgan fingerprint density at radius 2 is 1.60 bits per heavy atom. The molecule has 47 heavy (non-hydrogen) atoms. The molecule has 246 valence electrons. The van der Waals surface area contributed by atoms with Crippen LogP contribution in [0.15, 0.2) is 73.1 Å². The molecule has 0 saturated heterocycles. The van der Waals surface area contributed by atoms with Gasteiger partial charge in [-0.1, -0.05) is 69.3 Å². The average molecular weight is 665 g/mol. The van der Waals surface area contributed by atoms with Crippen LogP contribution < -0.4 is 10.6 Å². The number of alkyl halides is 3. The van der Waals surface area contributed by atoms with E-state index in [4.69, 9.17) is 0 Å². The Bertz CT molecular complexity index is 1740. The van der Waals surface area contributed by atoms with Crippen LogP contribution in [-0.2, 0) is 27.6 Å². The van der Waals surface area contributed by atoms with Gasteiger partial charge in [-0.05, 0) is 54.2 Å². The minimum absolute atomic E-state index is 0.0000978. The largest absolute Gasteiger partial charge is 0.480 e. The average Bonchev–Trinajstić information content (AvgIpc) is 3.54. The summed E-state index contributed by atoms with van der Waals surface area (Å²) < 4.78 is 39.0. The van der Waals surface area contributed by atoms with Crippen LogP contribution in [0.5, 0.6) is 0 Å². The third-order valence-electron chi connectivity index (χ3n) is 7.23.